The molecule has 0 bridgehead atoms. The summed E-state index contributed by atoms with van der Waals surface area (Å²) in [6.45, 7) is 4.64. The smallest absolute Gasteiger partial charge is 0.407 e. The molecule has 3 saturated heterocycles. The Morgan fingerprint density at radius 3 is 2.21 bits per heavy atom. The van der Waals surface area contributed by atoms with Gasteiger partial charge in [-0.15, -0.1) is 0 Å². The van der Waals surface area contributed by atoms with E-state index in [4.69, 9.17) is 25.5 Å². The molecule has 3 aromatic heterocycles. The molecule has 0 aliphatic carbocycles. The number of anilines is 3. The Morgan fingerprint density at radius 1 is 0.851 bits per heavy atom. The summed E-state index contributed by atoms with van der Waals surface area (Å²) in [5.74, 6) is 2.67. The number of aromatic nitrogens is 6. The van der Waals surface area contributed by atoms with Crippen molar-refractivity contribution in [1.29, 1.82) is 0 Å². The molecular weight excluding hydrogens is 596 g/mol. The van der Waals surface area contributed by atoms with Crippen LogP contribution in [-0.4, -0.2) is 85.1 Å². The van der Waals surface area contributed by atoms with E-state index in [-0.39, 0.29) is 11.5 Å². The van der Waals surface area contributed by atoms with Gasteiger partial charge in [-0.25, -0.2) is 29.4 Å². The summed E-state index contributed by atoms with van der Waals surface area (Å²) in [4.78, 5) is 35.6. The molecule has 3 N–H and O–H groups in total. The maximum absolute atomic E-state index is 11.2. The Balaban J connectivity index is 0.929. The van der Waals surface area contributed by atoms with Gasteiger partial charge in [0, 0.05) is 50.2 Å². The maximum Gasteiger partial charge on any atom is 0.407 e. The Morgan fingerprint density at radius 2 is 1.53 bits per heavy atom. The van der Waals surface area contributed by atoms with E-state index in [1.54, 1.807) is 0 Å². The van der Waals surface area contributed by atoms with Gasteiger partial charge in [-0.3, -0.25) is 0 Å². The summed E-state index contributed by atoms with van der Waals surface area (Å²) in [6.07, 6.45) is 8.21. The van der Waals surface area contributed by atoms with Crippen molar-refractivity contribution in [2.45, 2.75) is 31.7 Å². The van der Waals surface area contributed by atoms with Crippen molar-refractivity contribution in [1.82, 2.24) is 34.6 Å². The van der Waals surface area contributed by atoms with E-state index in [9.17, 15) is 9.90 Å². The second-order valence-corrected chi connectivity index (χ2v) is 12.8. The first-order chi connectivity index (χ1) is 22.9. The van der Waals surface area contributed by atoms with Gasteiger partial charge in [0.2, 0.25) is 5.95 Å². The molecule has 3 aliphatic rings. The van der Waals surface area contributed by atoms with Crippen molar-refractivity contribution in [2.75, 3.05) is 54.8 Å². The summed E-state index contributed by atoms with van der Waals surface area (Å²) in [7, 11) is 0. The Bertz CT molecular complexity index is 1870. The van der Waals surface area contributed by atoms with Crippen LogP contribution < -0.4 is 20.3 Å². The number of likely N-dealkylation sites (tertiary alicyclic amines) is 1. The molecule has 13 heteroatoms. The monoisotopic (exact) mass is 632 g/mol. The van der Waals surface area contributed by atoms with Crippen molar-refractivity contribution < 1.29 is 14.6 Å². The van der Waals surface area contributed by atoms with Gasteiger partial charge in [0.15, 0.2) is 5.65 Å². The molecule has 13 nitrogen and oxygen atoms in total. The second kappa shape index (κ2) is 11.7. The molecule has 8 rings (SSSR count). The number of benzene rings is 2. The molecule has 2 aromatic carbocycles. The van der Waals surface area contributed by atoms with Crippen molar-refractivity contribution in [3.8, 4) is 22.8 Å². The number of hydrogen-bond acceptors (Lipinski definition) is 10. The van der Waals surface area contributed by atoms with E-state index < -0.39 is 6.09 Å². The van der Waals surface area contributed by atoms with Crippen LogP contribution in [0.5, 0.6) is 11.5 Å². The van der Waals surface area contributed by atoms with Crippen LogP contribution in [0.15, 0.2) is 73.3 Å². The summed E-state index contributed by atoms with van der Waals surface area (Å²) >= 11 is 0. The number of para-hydroxylation sites is 1. The number of hydrogen-bond donors (Lipinski definition) is 2. The average Bonchev–Trinajstić information content (AvgIpc) is 3.49. The molecule has 1 spiro atoms. The van der Waals surface area contributed by atoms with Gasteiger partial charge < -0.3 is 30.3 Å². The highest BCUT2D eigenvalue weighted by molar-refractivity contribution is 5.98. The second-order valence-electron chi connectivity index (χ2n) is 12.8. The number of nitrogen functional groups attached to an aromatic ring is 1. The van der Waals surface area contributed by atoms with Crippen molar-refractivity contribution in [3.63, 3.8) is 0 Å². The maximum atomic E-state index is 11.2. The molecule has 0 radical (unpaired) electrons. The fraction of sp³-hybridized carbons (Fsp3) is 0.353. The van der Waals surface area contributed by atoms with Gasteiger partial charge in [0.25, 0.3) is 0 Å². The van der Waals surface area contributed by atoms with Gasteiger partial charge >= 0.3 is 6.09 Å². The highest BCUT2D eigenvalue weighted by atomic mass is 16.5. The molecule has 3 fully saturated rings. The molecule has 240 valence electrons. The molecule has 5 aromatic rings. The summed E-state index contributed by atoms with van der Waals surface area (Å²) in [6, 6.07) is 17.7. The molecule has 0 saturated carbocycles. The van der Waals surface area contributed by atoms with Crippen molar-refractivity contribution in [2.24, 2.45) is 5.41 Å². The minimum Gasteiger partial charge on any atom is -0.465 e. The lowest BCUT2D eigenvalue weighted by molar-refractivity contribution is -0.00652. The van der Waals surface area contributed by atoms with Crippen LogP contribution in [0.25, 0.3) is 22.3 Å². The van der Waals surface area contributed by atoms with Crippen LogP contribution >= 0.6 is 0 Å². The summed E-state index contributed by atoms with van der Waals surface area (Å²) in [5.41, 5.74) is 9.95. The predicted molar refractivity (Wildman–Crippen MR) is 178 cm³/mol. The Labute approximate surface area is 271 Å². The fourth-order valence-electron chi connectivity index (χ4n) is 7.16. The lowest BCUT2D eigenvalue weighted by Crippen LogP contribution is -2.61. The zero-order chi connectivity index (χ0) is 32.0. The molecule has 6 heterocycles. The lowest BCUT2D eigenvalue weighted by atomic mass is 9.72. The fourth-order valence-corrected chi connectivity index (χ4v) is 7.16. The third-order valence-electron chi connectivity index (χ3n) is 9.85. The molecule has 3 aliphatic heterocycles. The molecule has 0 unspecified atom stereocenters. The van der Waals surface area contributed by atoms with Crippen LogP contribution in [0, 0.1) is 5.41 Å². The molecule has 0 atom stereocenters. The normalized spacial score (nSPS) is 18.0. The zero-order valence-electron chi connectivity index (χ0n) is 25.9. The lowest BCUT2D eigenvalue weighted by Gasteiger charge is -2.52. The Kier molecular flexibility index (Phi) is 7.23. The van der Waals surface area contributed by atoms with Gasteiger partial charge in [0.1, 0.15) is 29.3 Å². The number of amides is 1. The standard InChI is InChI=1S/C34H36N10O3/c35-30-28-29(23-6-8-27(9-7-23)47-26-4-2-1-3-5-26)40-44(31(28)39-22-38-30)24-10-14-41(15-11-24)25-18-36-32(37-19-25)42-16-12-34(13-17-42)20-43(21-34)33(45)46/h1-9,18-19,22,24H,10-17,20-21H2,(H,45,46)(H2,35,38,39). The van der Waals surface area contributed by atoms with Gasteiger partial charge in [-0.05, 0) is 62.1 Å². The van der Waals surface area contributed by atoms with E-state index in [0.717, 1.165) is 97.3 Å². The van der Waals surface area contributed by atoms with Gasteiger partial charge in [0.05, 0.1) is 29.5 Å². The number of carboxylic acid groups (broad SMARTS) is 1. The van der Waals surface area contributed by atoms with E-state index in [2.05, 4.69) is 19.8 Å². The Hall–Kier alpha value is -5.46. The summed E-state index contributed by atoms with van der Waals surface area (Å²) in [5, 5.41) is 15.0. The quantitative estimate of drug-likeness (QED) is 0.258. The van der Waals surface area contributed by atoms with E-state index in [1.165, 1.54) is 11.2 Å². The number of rotatable bonds is 6. The topological polar surface area (TPSA) is 152 Å². The van der Waals surface area contributed by atoms with Crippen LogP contribution in [0.2, 0.25) is 0 Å². The van der Waals surface area contributed by atoms with Gasteiger partial charge in [-0.2, -0.15) is 5.10 Å². The molecule has 47 heavy (non-hydrogen) atoms. The van der Waals surface area contributed by atoms with Crippen molar-refractivity contribution in [3.05, 3.63) is 73.3 Å². The minimum atomic E-state index is -0.820. The minimum absolute atomic E-state index is 0.125. The first-order valence-electron chi connectivity index (χ1n) is 16.1. The molecule has 1 amide bonds. The molecular formula is C34H36N10O3. The number of ether oxygens (including phenoxy) is 1. The van der Waals surface area contributed by atoms with Crippen LogP contribution in [0.1, 0.15) is 31.7 Å². The SMILES string of the molecule is Nc1ncnc2c1c(-c1ccc(Oc3ccccc3)cc1)nn2C1CCN(c2cnc(N3CCC4(CC3)CN(C(=O)O)C4)nc2)CC1. The van der Waals surface area contributed by atoms with Crippen LogP contribution in [-0.2, 0) is 0 Å². The van der Waals surface area contributed by atoms with E-state index in [1.807, 2.05) is 71.7 Å². The summed E-state index contributed by atoms with van der Waals surface area (Å²) < 4.78 is 8.00. The number of carbonyl (C=O) groups is 1. The average molecular weight is 633 g/mol. The number of piperidine rings is 2. The van der Waals surface area contributed by atoms with E-state index >= 15 is 0 Å². The zero-order valence-corrected chi connectivity index (χ0v) is 25.9. The van der Waals surface area contributed by atoms with Crippen molar-refractivity contribution >= 4 is 34.6 Å². The highest BCUT2D eigenvalue weighted by Gasteiger charge is 2.47. The number of nitrogens with two attached hydrogens (primary N) is 1. The van der Waals surface area contributed by atoms with Crippen LogP contribution in [0.4, 0.5) is 22.2 Å². The third kappa shape index (κ3) is 5.51. The van der Waals surface area contributed by atoms with E-state index in [0.29, 0.717) is 18.9 Å². The highest BCUT2D eigenvalue weighted by Crippen LogP contribution is 2.41. The predicted octanol–water partition coefficient (Wildman–Crippen LogP) is 5.08. The largest absolute Gasteiger partial charge is 0.465 e. The first kappa shape index (κ1) is 29.0. The first-order valence-corrected chi connectivity index (χ1v) is 16.1. The third-order valence-corrected chi connectivity index (χ3v) is 9.85. The number of nitrogens with zero attached hydrogens (tertiary/aromatic N) is 9. The van der Waals surface area contributed by atoms with Crippen LogP contribution in [0.3, 0.4) is 0 Å². The number of fused-ring (bicyclic) bond motifs is 1. The van der Waals surface area contributed by atoms with Gasteiger partial charge in [-0.1, -0.05) is 18.2 Å².